The van der Waals surface area contributed by atoms with Gasteiger partial charge in [0.05, 0.1) is 5.69 Å². The average Bonchev–Trinajstić information content (AvgIpc) is 2.63. The van der Waals surface area contributed by atoms with Crippen molar-refractivity contribution < 1.29 is 14.7 Å². The molecule has 4 nitrogen and oxygen atoms in total. The van der Waals surface area contributed by atoms with Gasteiger partial charge in [0, 0.05) is 12.2 Å². The van der Waals surface area contributed by atoms with E-state index in [2.05, 4.69) is 0 Å². The Balaban J connectivity index is 0.000000606. The van der Waals surface area contributed by atoms with Crippen molar-refractivity contribution >= 4 is 17.5 Å². The summed E-state index contributed by atoms with van der Waals surface area (Å²) in [6, 6.07) is 5.87. The third-order valence-electron chi connectivity index (χ3n) is 1.92. The van der Waals surface area contributed by atoms with Gasteiger partial charge in [0.15, 0.2) is 0 Å². The predicted octanol–water partition coefficient (Wildman–Crippen LogP) is 1.85. The second-order valence-electron chi connectivity index (χ2n) is 2.86. The molecule has 84 valence electrons. The van der Waals surface area contributed by atoms with E-state index < -0.39 is 0 Å². The van der Waals surface area contributed by atoms with Crippen molar-refractivity contribution in [3.63, 3.8) is 0 Å². The Morgan fingerprint density at radius 2 is 1.38 bits per heavy atom. The van der Waals surface area contributed by atoms with Crippen LogP contribution in [0.5, 0.6) is 5.75 Å². The molecular formula is C12H13NO3. The summed E-state index contributed by atoms with van der Waals surface area (Å²) in [7, 11) is 0. The van der Waals surface area contributed by atoms with Crippen LogP contribution in [0.2, 0.25) is 0 Å². The van der Waals surface area contributed by atoms with Crippen LogP contribution in [-0.2, 0) is 9.59 Å². The quantitative estimate of drug-likeness (QED) is 0.733. The Labute approximate surface area is 93.8 Å². The van der Waals surface area contributed by atoms with E-state index in [9.17, 15) is 9.59 Å². The van der Waals surface area contributed by atoms with Gasteiger partial charge < -0.3 is 5.11 Å². The molecule has 2 rings (SSSR count). The lowest BCUT2D eigenvalue weighted by Gasteiger charge is -2.13. The molecule has 1 aliphatic rings. The first kappa shape index (κ1) is 12.0. The molecule has 0 spiro atoms. The van der Waals surface area contributed by atoms with Crippen molar-refractivity contribution in [1.29, 1.82) is 0 Å². The molecule has 0 unspecified atom stereocenters. The van der Waals surface area contributed by atoms with Gasteiger partial charge in [0.25, 0.3) is 11.8 Å². The summed E-state index contributed by atoms with van der Waals surface area (Å²) in [6.45, 7) is 4.00. The lowest BCUT2D eigenvalue weighted by atomic mass is 10.3. The molecule has 2 amide bonds. The van der Waals surface area contributed by atoms with Gasteiger partial charge in [-0.2, -0.15) is 0 Å². The van der Waals surface area contributed by atoms with Gasteiger partial charge in [-0.25, -0.2) is 4.90 Å². The first-order chi connectivity index (χ1) is 7.68. The van der Waals surface area contributed by atoms with Crippen LogP contribution in [0.15, 0.2) is 36.4 Å². The minimum atomic E-state index is -0.360. The Kier molecular flexibility index (Phi) is 3.83. The number of nitrogens with zero attached hydrogens (tertiary/aromatic N) is 1. The highest BCUT2D eigenvalue weighted by molar-refractivity contribution is 6.28. The van der Waals surface area contributed by atoms with E-state index in [-0.39, 0.29) is 17.6 Å². The van der Waals surface area contributed by atoms with Gasteiger partial charge in [-0.05, 0) is 24.3 Å². The Bertz CT molecular complexity index is 402. The van der Waals surface area contributed by atoms with E-state index in [0.29, 0.717) is 5.69 Å². The molecule has 0 aliphatic carbocycles. The zero-order valence-corrected chi connectivity index (χ0v) is 9.18. The number of phenols is 1. The van der Waals surface area contributed by atoms with Crippen LogP contribution in [0.25, 0.3) is 0 Å². The van der Waals surface area contributed by atoms with Gasteiger partial charge in [0.1, 0.15) is 5.75 Å². The number of hydrogen-bond donors (Lipinski definition) is 1. The SMILES string of the molecule is CC.O=C1C=CC(=O)N1c1ccc(O)cc1. The fourth-order valence-corrected chi connectivity index (χ4v) is 1.26. The minimum absolute atomic E-state index is 0.0980. The van der Waals surface area contributed by atoms with Crippen LogP contribution < -0.4 is 4.90 Å². The first-order valence-electron chi connectivity index (χ1n) is 5.03. The second-order valence-corrected chi connectivity index (χ2v) is 2.86. The van der Waals surface area contributed by atoms with Gasteiger partial charge >= 0.3 is 0 Å². The second kappa shape index (κ2) is 5.11. The Morgan fingerprint density at radius 1 is 0.938 bits per heavy atom. The molecule has 0 bridgehead atoms. The minimum Gasteiger partial charge on any atom is -0.508 e. The van der Waals surface area contributed by atoms with Crippen LogP contribution in [0, 0.1) is 0 Å². The number of carbonyl (C=O) groups is 2. The maximum absolute atomic E-state index is 11.2. The van der Waals surface area contributed by atoms with Crippen molar-refractivity contribution in [2.45, 2.75) is 13.8 Å². The molecule has 0 saturated carbocycles. The number of carbonyl (C=O) groups excluding carboxylic acids is 2. The van der Waals surface area contributed by atoms with Gasteiger partial charge in [-0.1, -0.05) is 13.8 Å². The van der Waals surface area contributed by atoms with E-state index in [4.69, 9.17) is 5.11 Å². The van der Waals surface area contributed by atoms with Crippen molar-refractivity contribution in [3.8, 4) is 5.75 Å². The van der Waals surface area contributed by atoms with Crippen molar-refractivity contribution in [3.05, 3.63) is 36.4 Å². The van der Waals surface area contributed by atoms with Crippen LogP contribution in [0.1, 0.15) is 13.8 Å². The van der Waals surface area contributed by atoms with Crippen molar-refractivity contribution in [2.24, 2.45) is 0 Å². The summed E-state index contributed by atoms with van der Waals surface area (Å²) < 4.78 is 0. The van der Waals surface area contributed by atoms with Gasteiger partial charge in [-0.15, -0.1) is 0 Å². The summed E-state index contributed by atoms with van der Waals surface area (Å²) in [5, 5.41) is 9.03. The number of amides is 2. The summed E-state index contributed by atoms with van der Waals surface area (Å²) in [5.41, 5.74) is 0.461. The summed E-state index contributed by atoms with van der Waals surface area (Å²) in [5.74, 6) is -0.623. The number of hydrogen-bond acceptors (Lipinski definition) is 3. The predicted molar refractivity (Wildman–Crippen MR) is 61.1 cm³/mol. The topological polar surface area (TPSA) is 57.6 Å². The number of anilines is 1. The van der Waals surface area contributed by atoms with E-state index >= 15 is 0 Å². The normalized spacial score (nSPS) is 13.8. The average molecular weight is 219 g/mol. The molecule has 0 atom stereocenters. The van der Waals surface area contributed by atoms with E-state index in [0.717, 1.165) is 4.90 Å². The Hall–Kier alpha value is -2.10. The highest BCUT2D eigenvalue weighted by atomic mass is 16.3. The molecule has 0 radical (unpaired) electrons. The largest absolute Gasteiger partial charge is 0.508 e. The zero-order valence-electron chi connectivity index (χ0n) is 9.18. The monoisotopic (exact) mass is 219 g/mol. The Morgan fingerprint density at radius 3 is 1.81 bits per heavy atom. The summed E-state index contributed by atoms with van der Waals surface area (Å²) in [6.07, 6.45) is 2.43. The third-order valence-corrected chi connectivity index (χ3v) is 1.92. The highest BCUT2D eigenvalue weighted by Gasteiger charge is 2.24. The fourth-order valence-electron chi connectivity index (χ4n) is 1.26. The van der Waals surface area contributed by atoms with Crippen LogP contribution in [-0.4, -0.2) is 16.9 Å². The fraction of sp³-hybridized carbons (Fsp3) is 0.167. The lowest BCUT2D eigenvalue weighted by molar-refractivity contribution is -0.119. The van der Waals surface area contributed by atoms with Crippen molar-refractivity contribution in [1.82, 2.24) is 0 Å². The molecule has 0 aromatic heterocycles. The molecular weight excluding hydrogens is 206 g/mol. The molecule has 16 heavy (non-hydrogen) atoms. The van der Waals surface area contributed by atoms with E-state index in [1.54, 1.807) is 0 Å². The zero-order chi connectivity index (χ0) is 12.1. The van der Waals surface area contributed by atoms with Crippen LogP contribution >= 0.6 is 0 Å². The molecule has 1 N–H and O–H groups in total. The summed E-state index contributed by atoms with van der Waals surface area (Å²) in [4.78, 5) is 23.5. The third kappa shape index (κ3) is 2.28. The molecule has 0 fully saturated rings. The first-order valence-corrected chi connectivity index (χ1v) is 5.03. The van der Waals surface area contributed by atoms with Crippen molar-refractivity contribution in [2.75, 3.05) is 4.90 Å². The van der Waals surface area contributed by atoms with Gasteiger partial charge in [-0.3, -0.25) is 9.59 Å². The number of imide groups is 1. The van der Waals surface area contributed by atoms with E-state index in [1.165, 1.54) is 36.4 Å². The molecule has 1 heterocycles. The number of aromatic hydroxyl groups is 1. The summed E-state index contributed by atoms with van der Waals surface area (Å²) >= 11 is 0. The molecule has 0 saturated heterocycles. The highest BCUT2D eigenvalue weighted by Crippen LogP contribution is 2.21. The lowest BCUT2D eigenvalue weighted by Crippen LogP contribution is -2.29. The van der Waals surface area contributed by atoms with E-state index in [1.807, 2.05) is 13.8 Å². The standard InChI is InChI=1S/C10H7NO3.C2H6/c12-8-3-1-7(2-4-8)11-9(13)5-6-10(11)14;1-2/h1-6,12H;1-2H3. The maximum Gasteiger partial charge on any atom is 0.258 e. The smallest absolute Gasteiger partial charge is 0.258 e. The molecule has 1 aromatic rings. The maximum atomic E-state index is 11.2. The molecule has 1 aromatic carbocycles. The molecule has 4 heteroatoms. The number of rotatable bonds is 1. The number of phenolic OH excluding ortho intramolecular Hbond substituents is 1. The number of benzene rings is 1. The molecule has 1 aliphatic heterocycles. The van der Waals surface area contributed by atoms with Crippen LogP contribution in [0.3, 0.4) is 0 Å². The van der Waals surface area contributed by atoms with Crippen LogP contribution in [0.4, 0.5) is 5.69 Å². The van der Waals surface area contributed by atoms with Gasteiger partial charge in [0.2, 0.25) is 0 Å².